The van der Waals surface area contributed by atoms with Crippen molar-refractivity contribution in [1.82, 2.24) is 0 Å². The lowest BCUT2D eigenvalue weighted by atomic mass is 10.0. The summed E-state index contributed by atoms with van der Waals surface area (Å²) in [7, 11) is 0. The molecule has 5 aromatic rings. The molecule has 0 saturated heterocycles. The lowest BCUT2D eigenvalue weighted by molar-refractivity contribution is -0.703. The van der Waals surface area contributed by atoms with Crippen LogP contribution in [0.1, 0.15) is 60.9 Å². The Morgan fingerprint density at radius 2 is 0.955 bits per heavy atom. The molecule has 0 aliphatic heterocycles. The van der Waals surface area contributed by atoms with Crippen LogP contribution < -0.4 is 21.5 Å². The molecule has 0 fully saturated rings. The van der Waals surface area contributed by atoms with Gasteiger partial charge < -0.3 is 17.0 Å². The molecule has 5 rings (SSSR count). The van der Waals surface area contributed by atoms with Crippen LogP contribution >= 0.6 is 15.9 Å². The molecule has 0 bridgehead atoms. The summed E-state index contributed by atoms with van der Waals surface area (Å²) < 4.78 is 2.36. The van der Waals surface area contributed by atoms with Gasteiger partial charge in [-0.15, -0.1) is 0 Å². The van der Waals surface area contributed by atoms with Crippen LogP contribution in [0.3, 0.4) is 0 Å². The molecular weight excluding hydrogens is 666 g/mol. The average molecular weight is 714 g/mol. The minimum absolute atomic E-state index is 0. The molecule has 0 amide bonds. The largest absolute Gasteiger partial charge is 1.00 e. The molecule has 0 aliphatic rings. The average Bonchev–Trinajstić information content (AvgIpc) is 3.06. The van der Waals surface area contributed by atoms with Gasteiger partial charge >= 0.3 is 0 Å². The lowest BCUT2D eigenvalue weighted by Crippen LogP contribution is -3.00. The van der Waals surface area contributed by atoms with Crippen LogP contribution in [-0.4, -0.2) is 5.33 Å². The third-order valence-corrected chi connectivity index (χ3v) is 8.55. The first-order chi connectivity index (χ1) is 21.1. The summed E-state index contributed by atoms with van der Waals surface area (Å²) in [6, 6.07) is 43.6. The Morgan fingerprint density at radius 3 is 1.41 bits per heavy atom. The highest BCUT2D eigenvalue weighted by molar-refractivity contribution is 9.09. The minimum Gasteiger partial charge on any atom is -1.00 e. The van der Waals surface area contributed by atoms with E-state index in [1.165, 1.54) is 96.0 Å². The second kappa shape index (κ2) is 20.1. The van der Waals surface area contributed by atoms with Crippen molar-refractivity contribution in [2.45, 2.75) is 71.8 Å². The highest BCUT2D eigenvalue weighted by Gasteiger charge is 2.05. The maximum absolute atomic E-state index is 3.47. The Bertz CT molecular complexity index is 1460. The third-order valence-electron chi connectivity index (χ3n) is 7.99. The summed E-state index contributed by atoms with van der Waals surface area (Å²) in [5, 5.41) is 1.12. The van der Waals surface area contributed by atoms with Crippen LogP contribution in [0.2, 0.25) is 0 Å². The zero-order valence-electron chi connectivity index (χ0n) is 26.4. The topological polar surface area (TPSA) is 3.88 Å². The fraction of sp³-hybridized carbons (Fsp3) is 0.293. The molecule has 0 atom stereocenters. The smallest absolute Gasteiger partial charge is 0.178 e. The van der Waals surface area contributed by atoms with Crippen molar-refractivity contribution in [1.29, 1.82) is 0 Å². The van der Waals surface area contributed by atoms with Gasteiger partial charge in [0.15, 0.2) is 11.9 Å². The van der Waals surface area contributed by atoms with Gasteiger partial charge in [-0.05, 0) is 84.4 Å². The van der Waals surface area contributed by atoms with Crippen molar-refractivity contribution in [3.63, 3.8) is 0 Å². The van der Waals surface area contributed by atoms with E-state index in [0.29, 0.717) is 0 Å². The third kappa shape index (κ3) is 12.2. The molecule has 0 N–H and O–H groups in total. The fourth-order valence-electron chi connectivity index (χ4n) is 5.41. The van der Waals surface area contributed by atoms with E-state index in [1.54, 1.807) is 0 Å². The predicted molar refractivity (Wildman–Crippen MR) is 189 cm³/mol. The van der Waals surface area contributed by atoms with Gasteiger partial charge in [-0.25, -0.2) is 4.57 Å². The number of hydrogen-bond acceptors (Lipinski definition) is 0. The number of halogens is 2. The molecule has 0 spiro atoms. The summed E-state index contributed by atoms with van der Waals surface area (Å²) in [4.78, 5) is 0. The van der Waals surface area contributed by atoms with E-state index in [0.717, 1.165) is 11.9 Å². The van der Waals surface area contributed by atoms with Crippen LogP contribution in [0, 0.1) is 13.8 Å². The SMILES string of the molecule is BrCCCCCc1ccc(-c2ccccc2)cc1.Cc1cc[n+](CCCCCc2ccc(-c3ccccc3)cc2)c(C)c1.[Br-]. The number of hydrogen-bond donors (Lipinski definition) is 0. The summed E-state index contributed by atoms with van der Waals surface area (Å²) >= 11 is 3.47. The van der Waals surface area contributed by atoms with Crippen LogP contribution in [-0.2, 0) is 19.4 Å². The maximum atomic E-state index is 3.47. The second-order valence-corrected chi connectivity index (χ2v) is 12.3. The minimum atomic E-state index is 0. The van der Waals surface area contributed by atoms with Crippen LogP contribution in [0.5, 0.6) is 0 Å². The van der Waals surface area contributed by atoms with Gasteiger partial charge in [0.1, 0.15) is 6.54 Å². The van der Waals surface area contributed by atoms with Crippen molar-refractivity contribution in [3.05, 3.63) is 150 Å². The van der Waals surface area contributed by atoms with Gasteiger partial charge in [-0.1, -0.05) is 132 Å². The highest BCUT2D eigenvalue weighted by Crippen LogP contribution is 2.21. The quantitative estimate of drug-likeness (QED) is 0.0660. The zero-order valence-corrected chi connectivity index (χ0v) is 29.6. The molecule has 0 aliphatic carbocycles. The number of alkyl halides is 1. The number of unbranched alkanes of at least 4 members (excludes halogenated alkanes) is 4. The number of benzene rings is 4. The van der Waals surface area contributed by atoms with Crippen molar-refractivity contribution >= 4 is 15.9 Å². The normalized spacial score (nSPS) is 10.4. The highest BCUT2D eigenvalue weighted by atomic mass is 79.9. The molecule has 1 aromatic heterocycles. The number of aryl methyl sites for hydroxylation is 5. The lowest BCUT2D eigenvalue weighted by Gasteiger charge is -2.05. The summed E-state index contributed by atoms with van der Waals surface area (Å²) in [5.41, 5.74) is 10.8. The number of aromatic nitrogens is 1. The van der Waals surface area contributed by atoms with E-state index in [2.05, 4.69) is 162 Å². The van der Waals surface area contributed by atoms with Crippen LogP contribution in [0.15, 0.2) is 128 Å². The van der Waals surface area contributed by atoms with Crippen molar-refractivity contribution < 1.29 is 21.5 Å². The van der Waals surface area contributed by atoms with Crippen molar-refractivity contribution in [2.75, 3.05) is 5.33 Å². The van der Waals surface area contributed by atoms with E-state index in [1.807, 2.05) is 0 Å². The van der Waals surface area contributed by atoms with Crippen LogP contribution in [0.4, 0.5) is 0 Å². The van der Waals surface area contributed by atoms with E-state index < -0.39 is 0 Å². The van der Waals surface area contributed by atoms with Crippen molar-refractivity contribution in [3.8, 4) is 22.3 Å². The Hall–Kier alpha value is -3.01. The molecule has 0 saturated carbocycles. The molecule has 0 radical (unpaired) electrons. The first kappa shape index (κ1) is 35.5. The molecule has 1 nitrogen and oxygen atoms in total. The fourth-order valence-corrected chi connectivity index (χ4v) is 5.81. The Balaban J connectivity index is 0.000000247. The first-order valence-corrected chi connectivity index (χ1v) is 17.1. The van der Waals surface area contributed by atoms with Gasteiger partial charge in [0, 0.05) is 30.8 Å². The van der Waals surface area contributed by atoms with E-state index in [-0.39, 0.29) is 17.0 Å². The number of nitrogens with zero attached hydrogens (tertiary/aromatic N) is 1. The standard InChI is InChI=1S/C24H28N.C17H19Br.BrH/c1-20-16-18-25(21(2)19-20)17-8-4-5-9-22-12-14-24(15-13-22)23-10-6-3-7-11-23;18-14-6-2-3-7-15-10-12-17(13-11-15)16-8-4-1-5-9-16;/h3,6-7,10-16,18-19H,4-5,8-9,17H2,1-2H3;1,4-5,8-13H,2-3,6-7,14H2;1H/q+1;;/p-1. The Labute approximate surface area is 285 Å². The maximum Gasteiger partial charge on any atom is 0.178 e. The van der Waals surface area contributed by atoms with Gasteiger partial charge in [0.05, 0.1) is 0 Å². The summed E-state index contributed by atoms with van der Waals surface area (Å²) in [6.45, 7) is 5.47. The molecule has 3 heteroatoms. The Kier molecular flexibility index (Phi) is 16.2. The Morgan fingerprint density at radius 1 is 0.500 bits per heavy atom. The predicted octanol–water partition coefficient (Wildman–Crippen LogP) is 8.14. The zero-order chi connectivity index (χ0) is 30.1. The van der Waals surface area contributed by atoms with Crippen LogP contribution in [0.25, 0.3) is 22.3 Å². The molecule has 230 valence electrons. The van der Waals surface area contributed by atoms with E-state index >= 15 is 0 Å². The van der Waals surface area contributed by atoms with Gasteiger partial charge in [0.25, 0.3) is 0 Å². The second-order valence-electron chi connectivity index (χ2n) is 11.5. The summed E-state index contributed by atoms with van der Waals surface area (Å²) in [6.07, 6.45) is 12.2. The summed E-state index contributed by atoms with van der Waals surface area (Å²) in [5.74, 6) is 0. The van der Waals surface area contributed by atoms with Gasteiger partial charge in [-0.3, -0.25) is 0 Å². The van der Waals surface area contributed by atoms with E-state index in [9.17, 15) is 0 Å². The number of pyridine rings is 1. The number of rotatable bonds is 13. The van der Waals surface area contributed by atoms with Gasteiger partial charge in [0.2, 0.25) is 0 Å². The molecule has 44 heavy (non-hydrogen) atoms. The molecule has 0 unspecified atom stereocenters. The van der Waals surface area contributed by atoms with E-state index in [4.69, 9.17) is 0 Å². The first-order valence-electron chi connectivity index (χ1n) is 15.9. The molecule has 4 aromatic carbocycles. The monoisotopic (exact) mass is 711 g/mol. The van der Waals surface area contributed by atoms with Gasteiger partial charge in [-0.2, -0.15) is 0 Å². The van der Waals surface area contributed by atoms with Crippen molar-refractivity contribution in [2.24, 2.45) is 0 Å². The molecular formula is C41H47Br2N. The molecule has 1 heterocycles.